The minimum absolute atomic E-state index is 0.665. The van der Waals surface area contributed by atoms with E-state index in [1.807, 2.05) is 11.3 Å². The third-order valence-electron chi connectivity index (χ3n) is 3.53. The van der Waals surface area contributed by atoms with Crippen molar-refractivity contribution in [2.24, 2.45) is 0 Å². The van der Waals surface area contributed by atoms with Crippen LogP contribution in [0.3, 0.4) is 0 Å². The Morgan fingerprint density at radius 1 is 1.41 bits per heavy atom. The highest BCUT2D eigenvalue weighted by molar-refractivity contribution is 7.17. The summed E-state index contributed by atoms with van der Waals surface area (Å²) in [6.07, 6.45) is 1.28. The third-order valence-corrected chi connectivity index (χ3v) is 4.55. The van der Waals surface area contributed by atoms with E-state index in [4.69, 9.17) is 0 Å². The van der Waals surface area contributed by atoms with Crippen LogP contribution in [0.5, 0.6) is 0 Å². The van der Waals surface area contributed by atoms with Crippen molar-refractivity contribution in [3.63, 3.8) is 0 Å². The summed E-state index contributed by atoms with van der Waals surface area (Å²) in [6, 6.07) is 9.33. The monoisotopic (exact) mass is 246 g/mol. The van der Waals surface area contributed by atoms with Gasteiger partial charge in [-0.3, -0.25) is 0 Å². The van der Waals surface area contributed by atoms with Gasteiger partial charge in [-0.15, -0.1) is 11.3 Å². The van der Waals surface area contributed by atoms with Gasteiger partial charge < -0.3 is 10.2 Å². The van der Waals surface area contributed by atoms with Crippen LogP contribution in [0.25, 0.3) is 10.1 Å². The molecule has 17 heavy (non-hydrogen) atoms. The molecule has 1 unspecified atom stereocenters. The van der Waals surface area contributed by atoms with E-state index in [9.17, 15) is 0 Å². The average molecular weight is 246 g/mol. The van der Waals surface area contributed by atoms with E-state index in [1.165, 1.54) is 35.2 Å². The molecule has 3 heteroatoms. The Hall–Kier alpha value is -0.900. The van der Waals surface area contributed by atoms with E-state index in [0.717, 1.165) is 6.54 Å². The van der Waals surface area contributed by atoms with Crippen LogP contribution in [-0.4, -0.2) is 31.1 Å². The van der Waals surface area contributed by atoms with Gasteiger partial charge in [-0.05, 0) is 42.4 Å². The molecule has 0 amide bonds. The lowest BCUT2D eigenvalue weighted by molar-refractivity contribution is 0.398. The molecule has 1 fully saturated rings. The van der Waals surface area contributed by atoms with Gasteiger partial charge in [-0.2, -0.15) is 0 Å². The first-order valence-electron chi connectivity index (χ1n) is 6.20. The first kappa shape index (κ1) is 11.2. The molecule has 2 aromatic rings. The van der Waals surface area contributed by atoms with E-state index in [1.54, 1.807) is 0 Å². The second-order valence-corrected chi connectivity index (χ2v) is 5.80. The third kappa shape index (κ3) is 2.37. The van der Waals surface area contributed by atoms with E-state index >= 15 is 0 Å². The van der Waals surface area contributed by atoms with Gasteiger partial charge in [0, 0.05) is 23.8 Å². The van der Waals surface area contributed by atoms with Crippen molar-refractivity contribution in [1.29, 1.82) is 0 Å². The Morgan fingerprint density at radius 2 is 2.29 bits per heavy atom. The number of nitrogens with zero attached hydrogens (tertiary/aromatic N) is 1. The van der Waals surface area contributed by atoms with Crippen LogP contribution in [0, 0.1) is 0 Å². The molecule has 1 atom stereocenters. The molecule has 1 N–H and O–H groups in total. The number of hydrogen-bond donors (Lipinski definition) is 1. The molecule has 0 aliphatic carbocycles. The van der Waals surface area contributed by atoms with Crippen molar-refractivity contribution >= 4 is 21.4 Å². The number of nitrogens with one attached hydrogen (secondary N) is 1. The Balaban J connectivity index is 1.69. The van der Waals surface area contributed by atoms with Crippen molar-refractivity contribution in [2.45, 2.75) is 19.0 Å². The maximum Gasteiger partial charge on any atom is 0.0346 e. The Kier molecular flexibility index (Phi) is 3.14. The maximum atomic E-state index is 3.67. The number of thiophene rings is 1. The SMILES string of the molecule is CN1CCC(NCc2csc3ccccc23)C1. The zero-order valence-corrected chi connectivity index (χ0v) is 11.0. The van der Waals surface area contributed by atoms with Crippen LogP contribution in [0.15, 0.2) is 29.6 Å². The van der Waals surface area contributed by atoms with Crippen LogP contribution < -0.4 is 5.32 Å². The van der Waals surface area contributed by atoms with E-state index in [2.05, 4.69) is 46.9 Å². The predicted molar refractivity (Wildman–Crippen MR) is 74.6 cm³/mol. The van der Waals surface area contributed by atoms with Gasteiger partial charge in [0.15, 0.2) is 0 Å². The largest absolute Gasteiger partial charge is 0.309 e. The van der Waals surface area contributed by atoms with E-state index in [-0.39, 0.29) is 0 Å². The maximum absolute atomic E-state index is 3.67. The average Bonchev–Trinajstić information content (AvgIpc) is 2.93. The smallest absolute Gasteiger partial charge is 0.0346 e. The zero-order valence-electron chi connectivity index (χ0n) is 10.1. The van der Waals surface area contributed by atoms with E-state index in [0.29, 0.717) is 6.04 Å². The number of fused-ring (bicyclic) bond motifs is 1. The predicted octanol–water partition coefficient (Wildman–Crippen LogP) is 2.70. The van der Waals surface area contributed by atoms with Gasteiger partial charge in [-0.25, -0.2) is 0 Å². The fourth-order valence-electron chi connectivity index (χ4n) is 2.53. The quantitative estimate of drug-likeness (QED) is 0.896. The van der Waals surface area contributed by atoms with Gasteiger partial charge in [0.25, 0.3) is 0 Å². The normalized spacial score (nSPS) is 21.4. The van der Waals surface area contributed by atoms with Crippen molar-refractivity contribution < 1.29 is 0 Å². The second-order valence-electron chi connectivity index (χ2n) is 4.89. The summed E-state index contributed by atoms with van der Waals surface area (Å²) in [5, 5.41) is 7.37. The Morgan fingerprint density at radius 3 is 3.12 bits per heavy atom. The molecule has 1 aliphatic rings. The summed E-state index contributed by atoms with van der Waals surface area (Å²) in [6.45, 7) is 3.41. The number of hydrogen-bond acceptors (Lipinski definition) is 3. The molecule has 1 aromatic carbocycles. The molecule has 0 spiro atoms. The number of likely N-dealkylation sites (tertiary alicyclic amines) is 1. The van der Waals surface area contributed by atoms with E-state index < -0.39 is 0 Å². The molecule has 2 nitrogen and oxygen atoms in total. The van der Waals surface area contributed by atoms with Crippen molar-refractivity contribution in [2.75, 3.05) is 20.1 Å². The Bertz CT molecular complexity index is 506. The molecule has 1 aromatic heterocycles. The first-order valence-corrected chi connectivity index (χ1v) is 7.08. The zero-order chi connectivity index (χ0) is 11.7. The minimum atomic E-state index is 0.665. The van der Waals surface area contributed by atoms with Gasteiger partial charge >= 0.3 is 0 Å². The number of rotatable bonds is 3. The molecule has 0 bridgehead atoms. The lowest BCUT2D eigenvalue weighted by Crippen LogP contribution is -2.30. The fraction of sp³-hybridized carbons (Fsp3) is 0.429. The van der Waals surface area contributed by atoms with Gasteiger partial charge in [0.1, 0.15) is 0 Å². The number of benzene rings is 1. The molecule has 2 heterocycles. The molecule has 0 saturated carbocycles. The lowest BCUT2D eigenvalue weighted by atomic mass is 10.1. The van der Waals surface area contributed by atoms with Gasteiger partial charge in [0.2, 0.25) is 0 Å². The lowest BCUT2D eigenvalue weighted by Gasteiger charge is -2.12. The van der Waals surface area contributed by atoms with Gasteiger partial charge in [-0.1, -0.05) is 18.2 Å². The summed E-state index contributed by atoms with van der Waals surface area (Å²) in [5.74, 6) is 0. The van der Waals surface area contributed by atoms with Crippen LogP contribution >= 0.6 is 11.3 Å². The molecule has 1 aliphatic heterocycles. The van der Waals surface area contributed by atoms with Crippen LogP contribution in [-0.2, 0) is 6.54 Å². The minimum Gasteiger partial charge on any atom is -0.309 e. The van der Waals surface area contributed by atoms with Crippen LogP contribution in [0.4, 0.5) is 0 Å². The first-order chi connectivity index (χ1) is 8.33. The van der Waals surface area contributed by atoms with Crippen molar-refractivity contribution in [3.8, 4) is 0 Å². The van der Waals surface area contributed by atoms with Crippen molar-refractivity contribution in [3.05, 3.63) is 35.2 Å². The number of likely N-dealkylation sites (N-methyl/N-ethyl adjacent to an activating group) is 1. The van der Waals surface area contributed by atoms with Crippen molar-refractivity contribution in [1.82, 2.24) is 10.2 Å². The standard InChI is InChI=1S/C14H18N2S/c1-16-7-6-12(9-16)15-8-11-10-17-14-5-3-2-4-13(11)14/h2-5,10,12,15H,6-9H2,1H3. The summed E-state index contributed by atoms with van der Waals surface area (Å²) in [4.78, 5) is 2.39. The molecular formula is C14H18N2S. The van der Waals surface area contributed by atoms with Gasteiger partial charge in [0.05, 0.1) is 0 Å². The molecule has 0 radical (unpaired) electrons. The summed E-state index contributed by atoms with van der Waals surface area (Å²) in [5.41, 5.74) is 1.44. The summed E-state index contributed by atoms with van der Waals surface area (Å²) in [7, 11) is 2.20. The summed E-state index contributed by atoms with van der Waals surface area (Å²) >= 11 is 1.85. The fourth-order valence-corrected chi connectivity index (χ4v) is 3.49. The highest BCUT2D eigenvalue weighted by Gasteiger charge is 2.18. The van der Waals surface area contributed by atoms with Crippen LogP contribution in [0.1, 0.15) is 12.0 Å². The summed E-state index contributed by atoms with van der Waals surface area (Å²) < 4.78 is 1.40. The molecule has 90 valence electrons. The molecule has 3 rings (SSSR count). The topological polar surface area (TPSA) is 15.3 Å². The highest BCUT2D eigenvalue weighted by Crippen LogP contribution is 2.25. The molecular weight excluding hydrogens is 228 g/mol. The second kappa shape index (κ2) is 4.77. The highest BCUT2D eigenvalue weighted by atomic mass is 32.1. The molecule has 1 saturated heterocycles. The Labute approximate surface area is 106 Å². The van der Waals surface area contributed by atoms with Crippen LogP contribution in [0.2, 0.25) is 0 Å².